The minimum atomic E-state index is -0.140. The second kappa shape index (κ2) is 5.66. The second-order valence-corrected chi connectivity index (χ2v) is 4.60. The summed E-state index contributed by atoms with van der Waals surface area (Å²) >= 11 is 0. The molecule has 0 saturated heterocycles. The van der Waals surface area contributed by atoms with Crippen LogP contribution in [0, 0.1) is 6.92 Å². The molecule has 0 aromatic carbocycles. The lowest BCUT2D eigenvalue weighted by Crippen LogP contribution is -2.39. The molecule has 1 fully saturated rings. The number of carbonyl (C=O) groups excluding carboxylic acids is 1. The van der Waals surface area contributed by atoms with E-state index in [1.165, 1.54) is 19.3 Å². The van der Waals surface area contributed by atoms with Crippen LogP contribution in [-0.2, 0) is 0 Å². The van der Waals surface area contributed by atoms with Gasteiger partial charge in [0, 0.05) is 12.2 Å². The van der Waals surface area contributed by atoms with E-state index in [1.807, 2.05) is 19.1 Å². The smallest absolute Gasteiger partial charge is 0.320 e. The van der Waals surface area contributed by atoms with Crippen molar-refractivity contribution in [2.45, 2.75) is 45.1 Å². The second-order valence-electron chi connectivity index (χ2n) is 4.60. The highest BCUT2D eigenvalue weighted by Crippen LogP contribution is 2.17. The van der Waals surface area contributed by atoms with Crippen molar-refractivity contribution >= 4 is 11.8 Å². The summed E-state index contributed by atoms with van der Waals surface area (Å²) in [4.78, 5) is 15.9. The van der Waals surface area contributed by atoms with Crippen LogP contribution in [0.3, 0.4) is 0 Å². The number of pyridine rings is 1. The van der Waals surface area contributed by atoms with Gasteiger partial charge in [0.25, 0.3) is 0 Å². The van der Waals surface area contributed by atoms with E-state index in [9.17, 15) is 4.79 Å². The van der Waals surface area contributed by atoms with Crippen LogP contribution in [0.2, 0.25) is 0 Å². The van der Waals surface area contributed by atoms with Crippen LogP contribution in [-0.4, -0.2) is 17.1 Å². The zero-order chi connectivity index (χ0) is 12.1. The van der Waals surface area contributed by atoms with Crippen LogP contribution in [0.25, 0.3) is 0 Å². The van der Waals surface area contributed by atoms with Crippen LogP contribution in [0.15, 0.2) is 18.3 Å². The minimum absolute atomic E-state index is 0.140. The van der Waals surface area contributed by atoms with Crippen LogP contribution in [0.5, 0.6) is 0 Å². The van der Waals surface area contributed by atoms with Crippen molar-refractivity contribution < 1.29 is 4.79 Å². The van der Waals surface area contributed by atoms with Crippen molar-refractivity contribution in [2.75, 3.05) is 5.32 Å². The van der Waals surface area contributed by atoms with Crippen LogP contribution in [0.1, 0.15) is 37.7 Å². The van der Waals surface area contributed by atoms with Crippen LogP contribution >= 0.6 is 0 Å². The van der Waals surface area contributed by atoms with Gasteiger partial charge in [0.15, 0.2) is 0 Å². The van der Waals surface area contributed by atoms with Gasteiger partial charge >= 0.3 is 6.03 Å². The summed E-state index contributed by atoms with van der Waals surface area (Å²) in [5.41, 5.74) is 0.978. The molecule has 0 bridgehead atoms. The van der Waals surface area contributed by atoms with E-state index in [1.54, 1.807) is 6.20 Å². The first kappa shape index (κ1) is 11.9. The highest BCUT2D eigenvalue weighted by molar-refractivity contribution is 5.89. The fraction of sp³-hybridized carbons (Fsp3) is 0.538. The number of hydrogen-bond donors (Lipinski definition) is 2. The van der Waals surface area contributed by atoms with E-state index in [4.69, 9.17) is 0 Å². The van der Waals surface area contributed by atoms with E-state index < -0.39 is 0 Å². The molecule has 0 spiro atoms. The van der Waals surface area contributed by atoms with Gasteiger partial charge in [-0.15, -0.1) is 0 Å². The highest BCUT2D eigenvalue weighted by atomic mass is 16.2. The van der Waals surface area contributed by atoms with Crippen molar-refractivity contribution in [3.05, 3.63) is 23.9 Å². The number of hydrogen-bond acceptors (Lipinski definition) is 2. The van der Waals surface area contributed by atoms with E-state index in [0.29, 0.717) is 11.9 Å². The SMILES string of the molecule is Cc1cccnc1NC(=O)NC1CCCCC1. The quantitative estimate of drug-likeness (QED) is 0.825. The summed E-state index contributed by atoms with van der Waals surface area (Å²) in [6.45, 7) is 1.93. The van der Waals surface area contributed by atoms with E-state index in [-0.39, 0.29) is 6.03 Å². The molecular weight excluding hydrogens is 214 g/mol. The average Bonchev–Trinajstić information content (AvgIpc) is 2.33. The first-order valence-electron chi connectivity index (χ1n) is 6.25. The normalized spacial score (nSPS) is 16.5. The van der Waals surface area contributed by atoms with Gasteiger partial charge in [-0.25, -0.2) is 9.78 Å². The molecule has 4 heteroatoms. The summed E-state index contributed by atoms with van der Waals surface area (Å²) < 4.78 is 0. The maximum absolute atomic E-state index is 11.8. The van der Waals surface area contributed by atoms with Crippen molar-refractivity contribution in [1.29, 1.82) is 0 Å². The fourth-order valence-corrected chi connectivity index (χ4v) is 2.19. The highest BCUT2D eigenvalue weighted by Gasteiger charge is 2.15. The predicted octanol–water partition coefficient (Wildman–Crippen LogP) is 2.84. The van der Waals surface area contributed by atoms with Gasteiger partial charge in [-0.2, -0.15) is 0 Å². The van der Waals surface area contributed by atoms with E-state index in [0.717, 1.165) is 18.4 Å². The topological polar surface area (TPSA) is 54.0 Å². The van der Waals surface area contributed by atoms with Crippen molar-refractivity contribution in [3.63, 3.8) is 0 Å². The number of anilines is 1. The average molecular weight is 233 g/mol. The van der Waals surface area contributed by atoms with E-state index >= 15 is 0 Å². The third-order valence-corrected chi connectivity index (χ3v) is 3.18. The maximum Gasteiger partial charge on any atom is 0.320 e. The van der Waals surface area contributed by atoms with E-state index in [2.05, 4.69) is 15.6 Å². The molecule has 0 unspecified atom stereocenters. The van der Waals surface area contributed by atoms with Crippen LogP contribution in [0.4, 0.5) is 10.6 Å². The molecule has 1 aliphatic carbocycles. The first-order chi connectivity index (χ1) is 8.25. The van der Waals surface area contributed by atoms with Gasteiger partial charge in [-0.3, -0.25) is 5.32 Å². The molecule has 4 nitrogen and oxygen atoms in total. The first-order valence-corrected chi connectivity index (χ1v) is 6.25. The fourth-order valence-electron chi connectivity index (χ4n) is 2.19. The molecule has 1 aromatic heterocycles. The lowest BCUT2D eigenvalue weighted by molar-refractivity contribution is 0.244. The van der Waals surface area contributed by atoms with Crippen LogP contribution < -0.4 is 10.6 Å². The zero-order valence-electron chi connectivity index (χ0n) is 10.2. The van der Waals surface area contributed by atoms with Gasteiger partial charge in [0.05, 0.1) is 0 Å². The predicted molar refractivity (Wildman–Crippen MR) is 68.0 cm³/mol. The Hall–Kier alpha value is -1.58. The molecule has 0 radical (unpaired) electrons. The lowest BCUT2D eigenvalue weighted by Gasteiger charge is -2.22. The van der Waals surface area contributed by atoms with Gasteiger partial charge < -0.3 is 5.32 Å². The molecule has 2 amide bonds. The Kier molecular flexibility index (Phi) is 3.96. The molecule has 0 atom stereocenters. The third-order valence-electron chi connectivity index (χ3n) is 3.18. The molecule has 1 aromatic rings. The van der Waals surface area contributed by atoms with Crippen molar-refractivity contribution in [1.82, 2.24) is 10.3 Å². The Bertz CT molecular complexity index is 386. The molecule has 92 valence electrons. The number of nitrogens with zero attached hydrogens (tertiary/aromatic N) is 1. The van der Waals surface area contributed by atoms with Crippen molar-refractivity contribution in [3.8, 4) is 0 Å². The molecule has 1 heterocycles. The Morgan fingerprint density at radius 2 is 2.12 bits per heavy atom. The molecule has 2 N–H and O–H groups in total. The number of amides is 2. The Morgan fingerprint density at radius 3 is 2.82 bits per heavy atom. The molecule has 1 aliphatic rings. The molecule has 0 aliphatic heterocycles. The third kappa shape index (κ3) is 3.44. The van der Waals surface area contributed by atoms with Crippen molar-refractivity contribution in [2.24, 2.45) is 0 Å². The summed E-state index contributed by atoms with van der Waals surface area (Å²) in [5.74, 6) is 0.640. The standard InChI is InChI=1S/C13H19N3O/c1-10-6-5-9-14-12(10)16-13(17)15-11-7-3-2-4-8-11/h5-6,9,11H,2-4,7-8H2,1H3,(H2,14,15,16,17). The Labute approximate surface area is 102 Å². The van der Waals surface area contributed by atoms with Gasteiger partial charge in [0.1, 0.15) is 5.82 Å². The summed E-state index contributed by atoms with van der Waals surface area (Å²) in [5, 5.41) is 5.80. The largest absolute Gasteiger partial charge is 0.335 e. The number of nitrogens with one attached hydrogen (secondary N) is 2. The van der Waals surface area contributed by atoms with Gasteiger partial charge in [-0.05, 0) is 31.4 Å². The minimum Gasteiger partial charge on any atom is -0.335 e. The summed E-state index contributed by atoms with van der Waals surface area (Å²) in [7, 11) is 0. The zero-order valence-corrected chi connectivity index (χ0v) is 10.2. The Morgan fingerprint density at radius 1 is 1.35 bits per heavy atom. The number of rotatable bonds is 2. The van der Waals surface area contributed by atoms with Gasteiger partial charge in [-0.1, -0.05) is 25.3 Å². The molecule has 2 rings (SSSR count). The molecule has 1 saturated carbocycles. The number of carbonyl (C=O) groups is 1. The number of urea groups is 1. The molecule has 17 heavy (non-hydrogen) atoms. The monoisotopic (exact) mass is 233 g/mol. The molecular formula is C13H19N3O. The number of aromatic nitrogens is 1. The summed E-state index contributed by atoms with van der Waals surface area (Å²) in [6.07, 6.45) is 7.59. The van der Waals surface area contributed by atoms with Gasteiger partial charge in [0.2, 0.25) is 0 Å². The Balaban J connectivity index is 1.86. The lowest BCUT2D eigenvalue weighted by atomic mass is 9.96. The maximum atomic E-state index is 11.8. The summed E-state index contributed by atoms with van der Waals surface area (Å²) in [6, 6.07) is 3.98. The number of aryl methyl sites for hydroxylation is 1.